The first-order valence-electron chi connectivity index (χ1n) is 2.30. The Morgan fingerprint density at radius 2 is 2.00 bits per heavy atom. The molecule has 0 heterocycles. The number of rotatable bonds is 1. The first-order chi connectivity index (χ1) is 3.90. The summed E-state index contributed by atoms with van der Waals surface area (Å²) in [7, 11) is 0. The van der Waals surface area contributed by atoms with Gasteiger partial charge in [-0.25, -0.2) is 0 Å². The Morgan fingerprint density at radius 3 is 2.00 bits per heavy atom. The van der Waals surface area contributed by atoms with Crippen LogP contribution in [0.2, 0.25) is 0 Å². The predicted octanol–water partition coefficient (Wildman–Crippen LogP) is 0.346. The number of halogens is 2. The number of alkyl halides is 2. The Balaban J connectivity index is 2.74. The molecule has 0 aromatic rings. The maximum absolute atomic E-state index is 10.2. The van der Waals surface area contributed by atoms with E-state index in [-0.39, 0.29) is 6.42 Å². The molecule has 0 spiro atoms. The number of hydrogen-bond donors (Lipinski definition) is 2. The molecule has 3 nitrogen and oxygen atoms in total. The maximum atomic E-state index is 10.2. The fourth-order valence-corrected chi connectivity index (χ4v) is 1.12. The SMILES string of the molecule is NC1(C(=O)O)CC1(Cl)Cl. The van der Waals surface area contributed by atoms with E-state index in [9.17, 15) is 4.79 Å². The zero-order valence-corrected chi connectivity index (χ0v) is 5.91. The highest BCUT2D eigenvalue weighted by atomic mass is 35.5. The van der Waals surface area contributed by atoms with Crippen molar-refractivity contribution in [2.24, 2.45) is 5.73 Å². The van der Waals surface area contributed by atoms with Crippen molar-refractivity contribution in [1.29, 1.82) is 0 Å². The molecule has 52 valence electrons. The van der Waals surface area contributed by atoms with Crippen LogP contribution in [0, 0.1) is 0 Å². The second kappa shape index (κ2) is 1.54. The van der Waals surface area contributed by atoms with Crippen molar-refractivity contribution >= 4 is 29.2 Å². The van der Waals surface area contributed by atoms with Crippen molar-refractivity contribution in [2.75, 3.05) is 0 Å². The van der Waals surface area contributed by atoms with Gasteiger partial charge in [0, 0.05) is 6.42 Å². The van der Waals surface area contributed by atoms with Gasteiger partial charge in [0.25, 0.3) is 0 Å². The van der Waals surface area contributed by atoms with Crippen LogP contribution in [0.3, 0.4) is 0 Å². The Morgan fingerprint density at radius 1 is 1.67 bits per heavy atom. The Hall–Kier alpha value is 0.01000. The molecule has 1 unspecified atom stereocenters. The van der Waals surface area contributed by atoms with Crippen LogP contribution in [0.25, 0.3) is 0 Å². The topological polar surface area (TPSA) is 63.3 Å². The second-order valence-electron chi connectivity index (χ2n) is 2.16. The lowest BCUT2D eigenvalue weighted by atomic mass is 10.3. The van der Waals surface area contributed by atoms with Gasteiger partial charge in [-0.15, -0.1) is 0 Å². The van der Waals surface area contributed by atoms with Gasteiger partial charge in [-0.1, -0.05) is 23.2 Å². The Labute approximate surface area is 61.7 Å². The van der Waals surface area contributed by atoms with Gasteiger partial charge in [0.2, 0.25) is 0 Å². The van der Waals surface area contributed by atoms with Gasteiger partial charge in [-0.05, 0) is 0 Å². The highest BCUT2D eigenvalue weighted by Gasteiger charge is 2.69. The summed E-state index contributed by atoms with van der Waals surface area (Å²) in [5, 5.41) is 8.35. The summed E-state index contributed by atoms with van der Waals surface area (Å²) in [6.07, 6.45) is 0.123. The van der Waals surface area contributed by atoms with Crippen LogP contribution in [0.4, 0.5) is 0 Å². The minimum absolute atomic E-state index is 0.123. The summed E-state index contributed by atoms with van der Waals surface area (Å²) in [4.78, 5) is 10.2. The van der Waals surface area contributed by atoms with Gasteiger partial charge in [0.15, 0.2) is 5.54 Å². The lowest BCUT2D eigenvalue weighted by Crippen LogP contribution is -2.38. The summed E-state index contributed by atoms with van der Waals surface area (Å²) in [6, 6.07) is 0. The molecule has 1 aliphatic carbocycles. The molecular weight excluding hydrogens is 165 g/mol. The van der Waals surface area contributed by atoms with Gasteiger partial charge in [-0.2, -0.15) is 0 Å². The molecule has 1 aliphatic rings. The summed E-state index contributed by atoms with van der Waals surface area (Å²) in [5.41, 5.74) is 3.80. The molecule has 1 saturated carbocycles. The lowest BCUT2D eigenvalue weighted by molar-refractivity contribution is -0.139. The molecule has 3 N–H and O–H groups in total. The normalized spacial score (nSPS) is 38.1. The van der Waals surface area contributed by atoms with E-state index in [2.05, 4.69) is 0 Å². The van der Waals surface area contributed by atoms with E-state index < -0.39 is 15.8 Å². The van der Waals surface area contributed by atoms with Crippen molar-refractivity contribution < 1.29 is 9.90 Å². The van der Waals surface area contributed by atoms with Crippen LogP contribution in [0.5, 0.6) is 0 Å². The molecule has 0 radical (unpaired) electrons. The summed E-state index contributed by atoms with van der Waals surface area (Å²) < 4.78 is -1.25. The minimum Gasteiger partial charge on any atom is -0.480 e. The van der Waals surface area contributed by atoms with Crippen molar-refractivity contribution in [3.8, 4) is 0 Å². The van der Waals surface area contributed by atoms with E-state index >= 15 is 0 Å². The number of nitrogens with two attached hydrogens (primary N) is 1. The van der Waals surface area contributed by atoms with Crippen molar-refractivity contribution in [3.05, 3.63) is 0 Å². The van der Waals surface area contributed by atoms with Gasteiger partial charge < -0.3 is 10.8 Å². The third kappa shape index (κ3) is 0.801. The van der Waals surface area contributed by atoms with Crippen molar-refractivity contribution in [1.82, 2.24) is 0 Å². The van der Waals surface area contributed by atoms with E-state index in [1.54, 1.807) is 0 Å². The molecule has 1 rings (SSSR count). The Kier molecular flexibility index (Phi) is 1.22. The molecule has 0 bridgehead atoms. The first-order valence-corrected chi connectivity index (χ1v) is 3.06. The highest BCUT2D eigenvalue weighted by molar-refractivity contribution is 6.54. The van der Waals surface area contributed by atoms with E-state index in [0.29, 0.717) is 0 Å². The van der Waals surface area contributed by atoms with Crippen LogP contribution in [-0.4, -0.2) is 20.9 Å². The zero-order chi connectivity index (χ0) is 7.28. The number of carboxylic acids is 1. The molecular formula is C4H5Cl2NO2. The fraction of sp³-hybridized carbons (Fsp3) is 0.750. The van der Waals surface area contributed by atoms with Crippen molar-refractivity contribution in [3.63, 3.8) is 0 Å². The van der Waals surface area contributed by atoms with Crippen LogP contribution in [-0.2, 0) is 4.79 Å². The number of aliphatic carboxylic acids is 1. The average molecular weight is 170 g/mol. The number of carbonyl (C=O) groups is 1. The summed E-state index contributed by atoms with van der Waals surface area (Å²) >= 11 is 10.8. The molecule has 0 aromatic heterocycles. The van der Waals surface area contributed by atoms with Crippen LogP contribution >= 0.6 is 23.2 Å². The number of carboxylic acid groups (broad SMARTS) is 1. The predicted molar refractivity (Wildman–Crippen MR) is 33.6 cm³/mol. The molecule has 1 atom stereocenters. The fourth-order valence-electron chi connectivity index (χ4n) is 0.538. The van der Waals surface area contributed by atoms with E-state index in [4.69, 9.17) is 34.0 Å². The van der Waals surface area contributed by atoms with Gasteiger partial charge in [-0.3, -0.25) is 4.79 Å². The lowest BCUT2D eigenvalue weighted by Gasteiger charge is -2.03. The monoisotopic (exact) mass is 169 g/mol. The molecule has 5 heteroatoms. The Bertz CT molecular complexity index is 170. The quantitative estimate of drug-likeness (QED) is 0.558. The summed E-state index contributed by atoms with van der Waals surface area (Å²) in [5.74, 6) is -1.15. The maximum Gasteiger partial charge on any atom is 0.326 e. The molecule has 0 aromatic carbocycles. The standard InChI is InChI=1S/C4H5Cl2NO2/c5-4(6)1-3(4,7)2(8)9/h1,7H2,(H,8,9). The average Bonchev–Trinajstić information content (AvgIpc) is 2.08. The second-order valence-corrected chi connectivity index (χ2v) is 3.64. The van der Waals surface area contributed by atoms with Gasteiger partial charge in [0.1, 0.15) is 4.33 Å². The molecule has 0 saturated heterocycles. The van der Waals surface area contributed by atoms with Crippen LogP contribution in [0.15, 0.2) is 0 Å². The zero-order valence-electron chi connectivity index (χ0n) is 4.40. The molecule has 9 heavy (non-hydrogen) atoms. The van der Waals surface area contributed by atoms with Crippen LogP contribution < -0.4 is 5.73 Å². The molecule has 1 fully saturated rings. The van der Waals surface area contributed by atoms with Crippen LogP contribution in [0.1, 0.15) is 6.42 Å². The molecule has 0 amide bonds. The molecule has 0 aliphatic heterocycles. The third-order valence-corrected chi connectivity index (χ3v) is 2.35. The number of hydrogen-bond acceptors (Lipinski definition) is 2. The highest BCUT2D eigenvalue weighted by Crippen LogP contribution is 2.54. The first kappa shape index (κ1) is 7.12. The smallest absolute Gasteiger partial charge is 0.326 e. The third-order valence-electron chi connectivity index (χ3n) is 1.41. The van der Waals surface area contributed by atoms with Crippen molar-refractivity contribution in [2.45, 2.75) is 16.3 Å². The van der Waals surface area contributed by atoms with Gasteiger partial charge >= 0.3 is 5.97 Å². The van der Waals surface area contributed by atoms with E-state index in [1.807, 2.05) is 0 Å². The summed E-state index contributed by atoms with van der Waals surface area (Å²) in [6.45, 7) is 0. The largest absolute Gasteiger partial charge is 0.480 e. The minimum atomic E-state index is -1.41. The van der Waals surface area contributed by atoms with E-state index in [0.717, 1.165) is 0 Å². The van der Waals surface area contributed by atoms with E-state index in [1.165, 1.54) is 0 Å². The van der Waals surface area contributed by atoms with Gasteiger partial charge in [0.05, 0.1) is 0 Å².